The van der Waals surface area contributed by atoms with Crippen LogP contribution in [0.4, 0.5) is 14.5 Å². The molecule has 0 atom stereocenters. The average Bonchev–Trinajstić information content (AvgIpc) is 2.28. The van der Waals surface area contributed by atoms with Gasteiger partial charge in [-0.15, -0.1) is 0 Å². The molecule has 17 heavy (non-hydrogen) atoms. The third kappa shape index (κ3) is 2.53. The van der Waals surface area contributed by atoms with Crippen LogP contribution in [0.15, 0.2) is 36.4 Å². The Morgan fingerprint density at radius 3 is 2.53 bits per heavy atom. The van der Waals surface area contributed by atoms with Crippen LogP contribution in [0.1, 0.15) is 5.56 Å². The van der Waals surface area contributed by atoms with Gasteiger partial charge >= 0.3 is 0 Å². The van der Waals surface area contributed by atoms with Crippen molar-refractivity contribution in [2.45, 2.75) is 6.92 Å². The lowest BCUT2D eigenvalue weighted by Gasteiger charge is -2.09. The van der Waals surface area contributed by atoms with Crippen LogP contribution in [-0.2, 0) is 0 Å². The number of benzene rings is 2. The zero-order valence-electron chi connectivity index (χ0n) is 9.21. The molecule has 0 bridgehead atoms. The number of hydrogen-bond donors (Lipinski definition) is 1. The third-order valence-corrected chi connectivity index (χ3v) is 2.28. The highest BCUT2D eigenvalue weighted by Gasteiger charge is 2.08. The number of anilines is 1. The molecule has 2 nitrogen and oxygen atoms in total. The second-order valence-corrected chi connectivity index (χ2v) is 3.72. The van der Waals surface area contributed by atoms with Crippen molar-refractivity contribution in [1.29, 1.82) is 0 Å². The fourth-order valence-electron chi connectivity index (χ4n) is 1.40. The smallest absolute Gasteiger partial charge is 0.165 e. The Labute approximate surface area is 97.6 Å². The molecule has 0 amide bonds. The maximum Gasteiger partial charge on any atom is 0.165 e. The summed E-state index contributed by atoms with van der Waals surface area (Å²) >= 11 is 0. The number of halogens is 2. The van der Waals surface area contributed by atoms with Crippen LogP contribution >= 0.6 is 0 Å². The van der Waals surface area contributed by atoms with Crippen molar-refractivity contribution in [3.05, 3.63) is 53.6 Å². The molecule has 0 saturated heterocycles. The zero-order chi connectivity index (χ0) is 12.4. The maximum absolute atomic E-state index is 13.4. The van der Waals surface area contributed by atoms with E-state index >= 15 is 0 Å². The van der Waals surface area contributed by atoms with Crippen LogP contribution in [0.3, 0.4) is 0 Å². The molecule has 2 rings (SSSR count). The lowest BCUT2D eigenvalue weighted by Crippen LogP contribution is -1.95. The normalized spacial score (nSPS) is 10.3. The van der Waals surface area contributed by atoms with Crippen molar-refractivity contribution in [1.82, 2.24) is 0 Å². The van der Waals surface area contributed by atoms with Crippen molar-refractivity contribution >= 4 is 5.69 Å². The highest BCUT2D eigenvalue weighted by atomic mass is 19.1. The number of nitrogen functional groups attached to an aromatic ring is 1. The summed E-state index contributed by atoms with van der Waals surface area (Å²) in [6.45, 7) is 1.81. The molecule has 0 saturated carbocycles. The van der Waals surface area contributed by atoms with Gasteiger partial charge in [0.15, 0.2) is 17.3 Å². The first-order valence-corrected chi connectivity index (χ1v) is 5.05. The summed E-state index contributed by atoms with van der Waals surface area (Å²) in [5.74, 6) is -0.863. The number of nitrogens with two attached hydrogens (primary N) is 1. The number of aryl methyl sites for hydroxylation is 1. The van der Waals surface area contributed by atoms with Crippen molar-refractivity contribution in [2.75, 3.05) is 5.73 Å². The van der Waals surface area contributed by atoms with E-state index in [0.29, 0.717) is 0 Å². The van der Waals surface area contributed by atoms with E-state index < -0.39 is 11.6 Å². The second kappa shape index (κ2) is 4.41. The van der Waals surface area contributed by atoms with Gasteiger partial charge in [-0.3, -0.25) is 0 Å². The topological polar surface area (TPSA) is 35.2 Å². The zero-order valence-corrected chi connectivity index (χ0v) is 9.21. The highest BCUT2D eigenvalue weighted by molar-refractivity contribution is 5.54. The minimum Gasteiger partial charge on any atom is -0.452 e. The molecule has 0 aromatic heterocycles. The van der Waals surface area contributed by atoms with E-state index in [2.05, 4.69) is 0 Å². The van der Waals surface area contributed by atoms with E-state index in [9.17, 15) is 8.78 Å². The lowest BCUT2D eigenvalue weighted by atomic mass is 10.2. The quantitative estimate of drug-likeness (QED) is 0.806. The van der Waals surface area contributed by atoms with Gasteiger partial charge in [-0.2, -0.15) is 0 Å². The Morgan fingerprint density at radius 1 is 1.00 bits per heavy atom. The molecular weight excluding hydrogens is 224 g/mol. The summed E-state index contributed by atoms with van der Waals surface area (Å²) in [6, 6.07) is 8.15. The minimum absolute atomic E-state index is 0.0299. The predicted molar refractivity (Wildman–Crippen MR) is 62.0 cm³/mol. The van der Waals surface area contributed by atoms with Crippen LogP contribution < -0.4 is 10.5 Å². The van der Waals surface area contributed by atoms with E-state index in [0.717, 1.165) is 11.6 Å². The number of hydrogen-bond acceptors (Lipinski definition) is 2. The monoisotopic (exact) mass is 235 g/mol. The van der Waals surface area contributed by atoms with Gasteiger partial charge < -0.3 is 10.5 Å². The molecule has 2 N–H and O–H groups in total. The lowest BCUT2D eigenvalue weighted by molar-refractivity contribution is 0.440. The molecule has 4 heteroatoms. The summed E-state index contributed by atoms with van der Waals surface area (Å²) in [7, 11) is 0. The fraction of sp³-hybridized carbons (Fsp3) is 0.0769. The molecule has 2 aromatic carbocycles. The molecule has 0 aliphatic carbocycles. The predicted octanol–water partition coefficient (Wildman–Crippen LogP) is 3.65. The Kier molecular flexibility index (Phi) is 2.95. The van der Waals surface area contributed by atoms with Gasteiger partial charge in [0.2, 0.25) is 0 Å². The van der Waals surface area contributed by atoms with E-state index in [1.807, 2.05) is 0 Å². The standard InChI is InChI=1S/C13H11F2NO/c1-8-2-4-10(15)12(6-8)17-13-7-9(14)3-5-11(13)16/h2-7H,16H2,1H3. The van der Waals surface area contributed by atoms with Crippen molar-refractivity contribution in [3.63, 3.8) is 0 Å². The Balaban J connectivity index is 2.37. The van der Waals surface area contributed by atoms with Crippen LogP contribution in [0, 0.1) is 18.6 Å². The molecule has 2 aromatic rings. The van der Waals surface area contributed by atoms with Crippen LogP contribution in [0.25, 0.3) is 0 Å². The first kappa shape index (κ1) is 11.4. The van der Waals surface area contributed by atoms with Crippen LogP contribution in [0.5, 0.6) is 11.5 Å². The Morgan fingerprint density at radius 2 is 1.76 bits per heavy atom. The summed E-state index contributed by atoms with van der Waals surface area (Å²) in [5, 5.41) is 0. The molecule has 0 heterocycles. The molecule has 0 aliphatic heterocycles. The summed E-state index contributed by atoms with van der Waals surface area (Å²) in [5.41, 5.74) is 6.71. The van der Waals surface area contributed by atoms with Crippen molar-refractivity contribution in [2.24, 2.45) is 0 Å². The Bertz CT molecular complexity index is 506. The first-order chi connectivity index (χ1) is 8.06. The van der Waals surface area contributed by atoms with Crippen molar-refractivity contribution in [3.8, 4) is 11.5 Å². The Hall–Kier alpha value is -2.10. The van der Waals surface area contributed by atoms with E-state index in [4.69, 9.17) is 10.5 Å². The van der Waals surface area contributed by atoms with Crippen molar-refractivity contribution < 1.29 is 13.5 Å². The van der Waals surface area contributed by atoms with Gasteiger partial charge in [0.25, 0.3) is 0 Å². The van der Waals surface area contributed by atoms with Crippen LogP contribution in [0.2, 0.25) is 0 Å². The largest absolute Gasteiger partial charge is 0.452 e. The first-order valence-electron chi connectivity index (χ1n) is 5.05. The van der Waals surface area contributed by atoms with E-state index in [1.54, 1.807) is 13.0 Å². The fourth-order valence-corrected chi connectivity index (χ4v) is 1.40. The highest BCUT2D eigenvalue weighted by Crippen LogP contribution is 2.30. The van der Waals surface area contributed by atoms with Gasteiger partial charge in [0, 0.05) is 6.07 Å². The molecule has 0 spiro atoms. The average molecular weight is 235 g/mol. The summed E-state index contributed by atoms with van der Waals surface area (Å²) in [4.78, 5) is 0. The second-order valence-electron chi connectivity index (χ2n) is 3.72. The summed E-state index contributed by atoms with van der Waals surface area (Å²) < 4.78 is 31.7. The van der Waals surface area contributed by atoms with Gasteiger partial charge in [-0.05, 0) is 36.8 Å². The SMILES string of the molecule is Cc1ccc(F)c(Oc2cc(F)ccc2N)c1. The van der Waals surface area contributed by atoms with E-state index in [-0.39, 0.29) is 17.2 Å². The molecule has 0 unspecified atom stereocenters. The number of rotatable bonds is 2. The minimum atomic E-state index is -0.515. The maximum atomic E-state index is 13.4. The molecule has 0 radical (unpaired) electrons. The molecule has 0 fully saturated rings. The molecule has 0 aliphatic rings. The summed E-state index contributed by atoms with van der Waals surface area (Å²) in [6.07, 6.45) is 0. The van der Waals surface area contributed by atoms with Gasteiger partial charge in [-0.25, -0.2) is 8.78 Å². The number of ether oxygens (including phenoxy) is 1. The van der Waals surface area contributed by atoms with Gasteiger partial charge in [-0.1, -0.05) is 6.07 Å². The molecule has 88 valence electrons. The molecular formula is C13H11F2NO. The third-order valence-electron chi connectivity index (χ3n) is 2.28. The van der Waals surface area contributed by atoms with Gasteiger partial charge in [0.05, 0.1) is 5.69 Å². The van der Waals surface area contributed by atoms with Gasteiger partial charge in [0.1, 0.15) is 5.82 Å². The van der Waals surface area contributed by atoms with Crippen LogP contribution in [-0.4, -0.2) is 0 Å². The van der Waals surface area contributed by atoms with E-state index in [1.165, 1.54) is 24.3 Å².